The van der Waals surface area contributed by atoms with Crippen LogP contribution in [-0.4, -0.2) is 29.3 Å². The largest absolute Gasteiger partial charge is 0.481 e. The van der Waals surface area contributed by atoms with E-state index in [4.69, 9.17) is 4.74 Å². The number of alkyl carbamates (subject to hydrolysis) is 1. The van der Waals surface area contributed by atoms with E-state index in [1.54, 1.807) is 0 Å². The molecule has 0 aliphatic heterocycles. The molecule has 0 saturated heterocycles. The van der Waals surface area contributed by atoms with Gasteiger partial charge in [-0.05, 0) is 46.9 Å². The number of aliphatic carboxylic acids is 1. The Morgan fingerprint density at radius 1 is 1.10 bits per heavy atom. The third-order valence-electron chi connectivity index (χ3n) is 6.53. The van der Waals surface area contributed by atoms with Gasteiger partial charge in [0, 0.05) is 5.92 Å². The van der Waals surface area contributed by atoms with Crippen molar-refractivity contribution in [2.24, 2.45) is 11.3 Å². The fraction of sp³-hybridized carbons (Fsp3) is 0.417. The van der Waals surface area contributed by atoms with Gasteiger partial charge in [-0.15, -0.1) is 0 Å². The summed E-state index contributed by atoms with van der Waals surface area (Å²) in [5, 5.41) is 12.2. The van der Waals surface area contributed by atoms with E-state index in [1.165, 1.54) is 11.1 Å². The molecule has 0 radical (unpaired) electrons. The zero-order valence-corrected chi connectivity index (χ0v) is 17.1. The van der Waals surface area contributed by atoms with Gasteiger partial charge in [0.05, 0.1) is 12.0 Å². The second-order valence-corrected chi connectivity index (χ2v) is 9.18. The highest BCUT2D eigenvalue weighted by atomic mass is 16.5. The van der Waals surface area contributed by atoms with Crippen LogP contribution in [0.5, 0.6) is 0 Å². The van der Waals surface area contributed by atoms with E-state index in [9.17, 15) is 14.7 Å². The van der Waals surface area contributed by atoms with Gasteiger partial charge in [0.2, 0.25) is 0 Å². The Bertz CT molecular complexity index is 921. The van der Waals surface area contributed by atoms with Gasteiger partial charge in [0.15, 0.2) is 0 Å². The molecule has 29 heavy (non-hydrogen) atoms. The molecule has 2 N–H and O–H groups in total. The fourth-order valence-electron chi connectivity index (χ4n) is 4.99. The lowest BCUT2D eigenvalue weighted by atomic mass is 9.87. The lowest BCUT2D eigenvalue weighted by Crippen LogP contribution is -2.50. The van der Waals surface area contributed by atoms with E-state index in [0.717, 1.165) is 17.5 Å². The number of rotatable bonds is 6. The molecule has 1 saturated carbocycles. The number of hydrogen-bond acceptors (Lipinski definition) is 3. The van der Waals surface area contributed by atoms with Gasteiger partial charge in [0.25, 0.3) is 0 Å². The molecular formula is C24H27NO4. The van der Waals surface area contributed by atoms with Crippen molar-refractivity contribution in [3.63, 3.8) is 0 Å². The summed E-state index contributed by atoms with van der Waals surface area (Å²) in [5.74, 6) is -0.822. The van der Waals surface area contributed by atoms with Crippen molar-refractivity contribution in [3.8, 4) is 11.1 Å². The van der Waals surface area contributed by atoms with Gasteiger partial charge in [-0.2, -0.15) is 0 Å². The highest BCUT2D eigenvalue weighted by Gasteiger charge is 2.57. The molecule has 152 valence electrons. The van der Waals surface area contributed by atoms with E-state index in [-0.39, 0.29) is 30.3 Å². The Labute approximate surface area is 171 Å². The van der Waals surface area contributed by atoms with E-state index in [1.807, 2.05) is 31.2 Å². The van der Waals surface area contributed by atoms with E-state index < -0.39 is 17.6 Å². The Balaban J connectivity index is 1.48. The molecule has 2 unspecified atom stereocenters. The molecule has 0 aromatic heterocycles. The first-order valence-electron chi connectivity index (χ1n) is 10.1. The third kappa shape index (κ3) is 3.61. The molecule has 2 aromatic rings. The minimum absolute atomic E-state index is 0.0174. The molecule has 1 amide bonds. The number of amides is 1. The van der Waals surface area contributed by atoms with Crippen LogP contribution in [0.4, 0.5) is 4.79 Å². The first-order chi connectivity index (χ1) is 13.7. The Morgan fingerprint density at radius 2 is 1.62 bits per heavy atom. The molecule has 5 heteroatoms. The number of carboxylic acid groups (broad SMARTS) is 1. The second kappa shape index (κ2) is 6.90. The maximum atomic E-state index is 12.6. The highest BCUT2D eigenvalue weighted by molar-refractivity contribution is 5.79. The van der Waals surface area contributed by atoms with Crippen molar-refractivity contribution in [1.29, 1.82) is 0 Å². The topological polar surface area (TPSA) is 75.6 Å². The van der Waals surface area contributed by atoms with E-state index in [2.05, 4.69) is 43.4 Å². The van der Waals surface area contributed by atoms with Gasteiger partial charge in [-0.3, -0.25) is 4.79 Å². The quantitative estimate of drug-likeness (QED) is 0.739. The van der Waals surface area contributed by atoms with E-state index in [0.29, 0.717) is 0 Å². The zero-order chi connectivity index (χ0) is 20.8. The van der Waals surface area contributed by atoms with Crippen molar-refractivity contribution >= 4 is 12.1 Å². The number of carboxylic acids is 1. The average Bonchev–Trinajstić information content (AvgIpc) is 3.20. The Kier molecular flexibility index (Phi) is 4.64. The van der Waals surface area contributed by atoms with Crippen molar-refractivity contribution in [3.05, 3.63) is 59.7 Å². The number of ether oxygens (including phenoxy) is 1. The zero-order valence-electron chi connectivity index (χ0n) is 17.1. The molecule has 5 nitrogen and oxygen atoms in total. The van der Waals surface area contributed by atoms with Crippen LogP contribution < -0.4 is 5.32 Å². The smallest absolute Gasteiger partial charge is 0.407 e. The van der Waals surface area contributed by atoms with Crippen molar-refractivity contribution in [1.82, 2.24) is 5.32 Å². The maximum Gasteiger partial charge on any atom is 0.407 e. The van der Waals surface area contributed by atoms with Crippen LogP contribution in [0.3, 0.4) is 0 Å². The molecule has 2 aromatic carbocycles. The maximum absolute atomic E-state index is 12.6. The normalized spacial score (nSPS) is 20.9. The minimum atomic E-state index is -0.922. The number of benzene rings is 2. The number of fused-ring (bicyclic) bond motifs is 3. The van der Waals surface area contributed by atoms with Crippen LogP contribution >= 0.6 is 0 Å². The molecule has 2 aliphatic carbocycles. The Hall–Kier alpha value is -2.82. The predicted octanol–water partition coefficient (Wildman–Crippen LogP) is 4.80. The van der Waals surface area contributed by atoms with Crippen LogP contribution in [0.25, 0.3) is 11.1 Å². The third-order valence-corrected chi connectivity index (χ3v) is 6.53. The number of nitrogens with one attached hydrogen (secondary N) is 1. The van der Waals surface area contributed by atoms with Crippen LogP contribution in [0.1, 0.15) is 50.7 Å². The molecule has 0 heterocycles. The summed E-state index contributed by atoms with van der Waals surface area (Å²) in [6.07, 6.45) is 0.212. The predicted molar refractivity (Wildman–Crippen MR) is 111 cm³/mol. The second-order valence-electron chi connectivity index (χ2n) is 9.18. The summed E-state index contributed by atoms with van der Waals surface area (Å²) in [6, 6.07) is 16.3. The molecular weight excluding hydrogens is 366 g/mol. The Morgan fingerprint density at radius 3 is 2.10 bits per heavy atom. The van der Waals surface area contributed by atoms with E-state index >= 15 is 0 Å². The number of carbonyl (C=O) groups excluding carboxylic acids is 1. The van der Waals surface area contributed by atoms with Gasteiger partial charge < -0.3 is 15.2 Å². The summed E-state index contributed by atoms with van der Waals surface area (Å²) < 4.78 is 5.62. The number of hydrogen-bond donors (Lipinski definition) is 2. The standard InChI is InChI=1S/C24H27NO4/c1-23(2)12-20(23)24(3,13-21(26)27)25-22(28)29-14-19-17-10-6-4-8-15(17)16-9-5-7-11-18(16)19/h4-11,19-20H,12-14H2,1-3H3,(H,25,28)(H,26,27). The van der Waals surface area contributed by atoms with Crippen molar-refractivity contribution < 1.29 is 19.4 Å². The monoisotopic (exact) mass is 393 g/mol. The molecule has 2 atom stereocenters. The summed E-state index contributed by atoms with van der Waals surface area (Å²) >= 11 is 0. The molecule has 2 aliphatic rings. The lowest BCUT2D eigenvalue weighted by Gasteiger charge is -2.31. The van der Waals surface area contributed by atoms with Crippen LogP contribution in [-0.2, 0) is 9.53 Å². The lowest BCUT2D eigenvalue weighted by molar-refractivity contribution is -0.138. The minimum Gasteiger partial charge on any atom is -0.481 e. The SMILES string of the molecule is CC1(C)CC1C(C)(CC(=O)O)NC(=O)OCC1c2ccccc2-c2ccccc21. The van der Waals surface area contributed by atoms with Crippen molar-refractivity contribution in [2.75, 3.05) is 6.61 Å². The average molecular weight is 393 g/mol. The molecule has 4 rings (SSSR count). The van der Waals surface area contributed by atoms with Crippen molar-refractivity contribution in [2.45, 2.75) is 45.1 Å². The fourth-order valence-corrected chi connectivity index (χ4v) is 4.99. The summed E-state index contributed by atoms with van der Waals surface area (Å²) in [5.41, 5.74) is 3.86. The molecule has 1 fully saturated rings. The van der Waals surface area contributed by atoms with Gasteiger partial charge in [-0.25, -0.2) is 4.79 Å². The highest BCUT2D eigenvalue weighted by Crippen LogP contribution is 2.58. The van der Waals surface area contributed by atoms with Crippen LogP contribution in [0.15, 0.2) is 48.5 Å². The van der Waals surface area contributed by atoms with Gasteiger partial charge in [-0.1, -0.05) is 62.4 Å². The first kappa shape index (κ1) is 19.5. The number of carbonyl (C=O) groups is 2. The van der Waals surface area contributed by atoms with Gasteiger partial charge in [0.1, 0.15) is 6.61 Å². The summed E-state index contributed by atoms with van der Waals surface area (Å²) in [6.45, 7) is 6.22. The first-order valence-corrected chi connectivity index (χ1v) is 10.1. The molecule has 0 bridgehead atoms. The molecule has 0 spiro atoms. The summed E-state index contributed by atoms with van der Waals surface area (Å²) in [7, 11) is 0. The summed E-state index contributed by atoms with van der Waals surface area (Å²) in [4.78, 5) is 24.0. The van der Waals surface area contributed by atoms with Gasteiger partial charge >= 0.3 is 12.1 Å². The van der Waals surface area contributed by atoms with Crippen LogP contribution in [0.2, 0.25) is 0 Å². The van der Waals surface area contributed by atoms with Crippen LogP contribution in [0, 0.1) is 11.3 Å².